The van der Waals surface area contributed by atoms with Crippen molar-refractivity contribution in [2.75, 3.05) is 6.61 Å². The van der Waals surface area contributed by atoms with Crippen molar-refractivity contribution in [2.24, 2.45) is 5.10 Å². The molecule has 0 spiro atoms. The van der Waals surface area contributed by atoms with Gasteiger partial charge in [-0.15, -0.1) is 0 Å². The molecule has 0 atom stereocenters. The van der Waals surface area contributed by atoms with Crippen LogP contribution in [-0.4, -0.2) is 24.7 Å². The zero-order valence-corrected chi connectivity index (χ0v) is 16.9. The summed E-state index contributed by atoms with van der Waals surface area (Å²) in [7, 11) is 0. The first kappa shape index (κ1) is 21.1. The molecule has 1 amide bonds. The number of benzene rings is 3. The van der Waals surface area contributed by atoms with Gasteiger partial charge in [-0.1, -0.05) is 41.4 Å². The number of nitrogens with zero attached hydrogens (tertiary/aromatic N) is 1. The van der Waals surface area contributed by atoms with E-state index in [4.69, 9.17) is 21.1 Å². The number of ether oxygens (including phenoxy) is 2. The maximum Gasteiger partial charge on any atom is 0.343 e. The van der Waals surface area contributed by atoms with Crippen LogP contribution in [0.15, 0.2) is 77.9 Å². The largest absolute Gasteiger partial charge is 0.482 e. The molecule has 30 heavy (non-hydrogen) atoms. The standard InChI is InChI=1S/C23H19ClN2O4/c1-16-6-10-18(11-7-16)23(28)30-19-12-8-17(9-13-19)14-25-26-22(27)15-29-21-5-3-2-4-20(21)24/h2-14H,15H2,1H3,(H,26,27)/b25-14+. The van der Waals surface area contributed by atoms with Gasteiger partial charge in [-0.25, -0.2) is 10.2 Å². The average molecular weight is 423 g/mol. The van der Waals surface area contributed by atoms with E-state index in [0.29, 0.717) is 22.1 Å². The summed E-state index contributed by atoms with van der Waals surface area (Å²) in [6, 6.07) is 20.8. The Kier molecular flexibility index (Phi) is 7.19. The molecule has 0 unspecified atom stereocenters. The normalized spacial score (nSPS) is 10.6. The van der Waals surface area contributed by atoms with Crippen molar-refractivity contribution in [3.8, 4) is 11.5 Å². The van der Waals surface area contributed by atoms with E-state index in [-0.39, 0.29) is 6.61 Å². The van der Waals surface area contributed by atoms with Crippen LogP contribution in [0.4, 0.5) is 0 Å². The Morgan fingerprint density at radius 3 is 2.40 bits per heavy atom. The van der Waals surface area contributed by atoms with Crippen molar-refractivity contribution >= 4 is 29.7 Å². The van der Waals surface area contributed by atoms with Crippen molar-refractivity contribution in [1.29, 1.82) is 0 Å². The second-order valence-electron chi connectivity index (χ2n) is 6.34. The van der Waals surface area contributed by atoms with Crippen LogP contribution in [0.5, 0.6) is 11.5 Å². The van der Waals surface area contributed by atoms with Gasteiger partial charge >= 0.3 is 5.97 Å². The van der Waals surface area contributed by atoms with Gasteiger partial charge in [0.05, 0.1) is 16.8 Å². The molecule has 1 N–H and O–H groups in total. The third-order valence-electron chi connectivity index (χ3n) is 3.98. The first-order chi connectivity index (χ1) is 14.5. The number of hydrogen-bond donors (Lipinski definition) is 1. The van der Waals surface area contributed by atoms with E-state index in [0.717, 1.165) is 11.1 Å². The summed E-state index contributed by atoms with van der Waals surface area (Å²) < 4.78 is 10.7. The summed E-state index contributed by atoms with van der Waals surface area (Å²) in [4.78, 5) is 23.9. The van der Waals surface area contributed by atoms with Crippen molar-refractivity contribution in [3.63, 3.8) is 0 Å². The summed E-state index contributed by atoms with van der Waals surface area (Å²) in [5, 5.41) is 4.31. The van der Waals surface area contributed by atoms with Gasteiger partial charge in [-0.3, -0.25) is 4.79 Å². The van der Waals surface area contributed by atoms with E-state index >= 15 is 0 Å². The first-order valence-electron chi connectivity index (χ1n) is 9.09. The number of carbonyl (C=O) groups excluding carboxylic acids is 2. The SMILES string of the molecule is Cc1ccc(C(=O)Oc2ccc(/C=N/NC(=O)COc3ccccc3Cl)cc2)cc1. The lowest BCUT2D eigenvalue weighted by Gasteiger charge is -2.06. The predicted octanol–water partition coefficient (Wildman–Crippen LogP) is 4.40. The molecule has 0 saturated carbocycles. The number of amides is 1. The predicted molar refractivity (Wildman–Crippen MR) is 115 cm³/mol. The summed E-state index contributed by atoms with van der Waals surface area (Å²) in [5.74, 6) is -0.0130. The lowest BCUT2D eigenvalue weighted by Crippen LogP contribution is -2.24. The molecule has 3 aromatic rings. The van der Waals surface area contributed by atoms with Gasteiger partial charge in [0.2, 0.25) is 0 Å². The molecule has 0 aromatic heterocycles. The fourth-order valence-electron chi connectivity index (χ4n) is 2.39. The van der Waals surface area contributed by atoms with Crippen LogP contribution in [0, 0.1) is 6.92 Å². The molecule has 3 rings (SSSR count). The van der Waals surface area contributed by atoms with Crippen molar-refractivity contribution < 1.29 is 19.1 Å². The molecule has 7 heteroatoms. The van der Waals surface area contributed by atoms with Crippen LogP contribution in [0.25, 0.3) is 0 Å². The first-order valence-corrected chi connectivity index (χ1v) is 9.47. The van der Waals surface area contributed by atoms with E-state index in [1.165, 1.54) is 6.21 Å². The molecule has 0 aliphatic carbocycles. The number of hydrazone groups is 1. The van der Waals surface area contributed by atoms with Gasteiger partial charge in [-0.2, -0.15) is 5.10 Å². The van der Waals surface area contributed by atoms with E-state index in [1.807, 2.05) is 19.1 Å². The van der Waals surface area contributed by atoms with Crippen LogP contribution in [0.1, 0.15) is 21.5 Å². The molecule has 0 radical (unpaired) electrons. The molecule has 152 valence electrons. The Morgan fingerprint density at radius 1 is 1.00 bits per heavy atom. The number of esters is 1. The van der Waals surface area contributed by atoms with Crippen LogP contribution in [0.3, 0.4) is 0 Å². The van der Waals surface area contributed by atoms with Crippen LogP contribution in [0.2, 0.25) is 5.02 Å². The smallest absolute Gasteiger partial charge is 0.343 e. The number of carbonyl (C=O) groups is 2. The molecule has 0 aliphatic heterocycles. The monoisotopic (exact) mass is 422 g/mol. The quantitative estimate of drug-likeness (QED) is 0.265. The zero-order valence-electron chi connectivity index (χ0n) is 16.2. The molecular weight excluding hydrogens is 404 g/mol. The summed E-state index contributed by atoms with van der Waals surface area (Å²) in [5.41, 5.74) is 4.64. The number of aryl methyl sites for hydroxylation is 1. The summed E-state index contributed by atoms with van der Waals surface area (Å²) in [6.45, 7) is 1.73. The van der Waals surface area contributed by atoms with E-state index in [2.05, 4.69) is 10.5 Å². The summed E-state index contributed by atoms with van der Waals surface area (Å²) in [6.07, 6.45) is 1.47. The Bertz CT molecular complexity index is 1050. The highest BCUT2D eigenvalue weighted by atomic mass is 35.5. The van der Waals surface area contributed by atoms with Gasteiger partial charge in [0, 0.05) is 0 Å². The minimum absolute atomic E-state index is 0.213. The third-order valence-corrected chi connectivity index (χ3v) is 4.29. The second kappa shape index (κ2) is 10.2. The van der Waals surface area contributed by atoms with E-state index in [9.17, 15) is 9.59 Å². The summed E-state index contributed by atoms with van der Waals surface area (Å²) >= 11 is 5.96. The Morgan fingerprint density at radius 2 is 1.70 bits per heavy atom. The third kappa shape index (κ3) is 6.18. The van der Waals surface area contributed by atoms with Gasteiger partial charge in [-0.05, 0) is 61.0 Å². The lowest BCUT2D eigenvalue weighted by atomic mass is 10.1. The van der Waals surface area contributed by atoms with Gasteiger partial charge in [0.15, 0.2) is 6.61 Å². The Labute approximate surface area is 179 Å². The molecule has 0 fully saturated rings. The molecule has 0 saturated heterocycles. The molecular formula is C23H19ClN2O4. The second-order valence-corrected chi connectivity index (χ2v) is 6.74. The highest BCUT2D eigenvalue weighted by Gasteiger charge is 2.08. The molecule has 0 heterocycles. The van der Waals surface area contributed by atoms with Crippen LogP contribution in [-0.2, 0) is 4.79 Å². The van der Waals surface area contributed by atoms with Crippen molar-refractivity contribution in [2.45, 2.75) is 6.92 Å². The molecule has 6 nitrogen and oxygen atoms in total. The molecule has 0 bridgehead atoms. The number of hydrogen-bond acceptors (Lipinski definition) is 5. The molecule has 3 aromatic carbocycles. The minimum atomic E-state index is -0.429. The fourth-order valence-corrected chi connectivity index (χ4v) is 2.58. The van der Waals surface area contributed by atoms with Crippen LogP contribution >= 0.6 is 11.6 Å². The molecule has 0 aliphatic rings. The lowest BCUT2D eigenvalue weighted by molar-refractivity contribution is -0.123. The van der Waals surface area contributed by atoms with Crippen molar-refractivity contribution in [3.05, 3.63) is 94.5 Å². The number of nitrogens with one attached hydrogen (secondary N) is 1. The minimum Gasteiger partial charge on any atom is -0.482 e. The van der Waals surface area contributed by atoms with Crippen LogP contribution < -0.4 is 14.9 Å². The zero-order chi connectivity index (χ0) is 21.3. The van der Waals surface area contributed by atoms with Gasteiger partial charge in [0.1, 0.15) is 11.5 Å². The van der Waals surface area contributed by atoms with E-state index < -0.39 is 11.9 Å². The van der Waals surface area contributed by atoms with E-state index in [1.54, 1.807) is 60.7 Å². The Hall–Kier alpha value is -3.64. The number of para-hydroxylation sites is 1. The maximum atomic E-state index is 12.1. The maximum absolute atomic E-state index is 12.1. The Balaban J connectivity index is 1.47. The number of rotatable bonds is 7. The number of halogens is 1. The highest BCUT2D eigenvalue weighted by Crippen LogP contribution is 2.22. The topological polar surface area (TPSA) is 77.0 Å². The fraction of sp³-hybridized carbons (Fsp3) is 0.0870. The van der Waals surface area contributed by atoms with Crippen molar-refractivity contribution in [1.82, 2.24) is 5.43 Å². The van der Waals surface area contributed by atoms with Gasteiger partial charge in [0.25, 0.3) is 5.91 Å². The highest BCUT2D eigenvalue weighted by molar-refractivity contribution is 6.32. The van der Waals surface area contributed by atoms with Gasteiger partial charge < -0.3 is 9.47 Å². The average Bonchev–Trinajstić information content (AvgIpc) is 2.75.